The molecule has 2 rings (SSSR count). The summed E-state index contributed by atoms with van der Waals surface area (Å²) in [5.74, 6) is 0. The molecule has 0 aliphatic rings. The molecule has 0 aliphatic carbocycles. The maximum atomic E-state index is 10.8. The highest BCUT2D eigenvalue weighted by atomic mass is 16.1. The molecule has 0 saturated carbocycles. The summed E-state index contributed by atoms with van der Waals surface area (Å²) in [5, 5.41) is 1.65. The number of benzene rings is 2. The van der Waals surface area contributed by atoms with E-state index in [9.17, 15) is 9.59 Å². The van der Waals surface area contributed by atoms with E-state index in [1.165, 1.54) is 0 Å². The Morgan fingerprint density at radius 1 is 0.722 bits per heavy atom. The van der Waals surface area contributed by atoms with Crippen molar-refractivity contribution < 1.29 is 9.59 Å². The summed E-state index contributed by atoms with van der Waals surface area (Å²) >= 11 is 0. The van der Waals surface area contributed by atoms with Gasteiger partial charge in [0.25, 0.3) is 0 Å². The fraction of sp³-hybridized carbons (Fsp3) is 0.250. The van der Waals surface area contributed by atoms with E-state index < -0.39 is 0 Å². The van der Waals surface area contributed by atoms with Crippen molar-refractivity contribution in [3.05, 3.63) is 47.5 Å². The van der Waals surface area contributed by atoms with Gasteiger partial charge in [0.05, 0.1) is 0 Å². The average molecular weight is 244 g/mol. The Morgan fingerprint density at radius 2 is 1.11 bits per heavy atom. The first-order chi connectivity index (χ1) is 8.86. The molecule has 0 spiro atoms. The third-order valence-electron chi connectivity index (χ3n) is 2.22. The molecule has 2 aromatic rings. The van der Waals surface area contributed by atoms with Gasteiger partial charge in [0.1, 0.15) is 0 Å². The highest BCUT2D eigenvalue weighted by Crippen LogP contribution is 2.20. The van der Waals surface area contributed by atoms with E-state index in [0.717, 1.165) is 23.3 Å². The van der Waals surface area contributed by atoms with Crippen LogP contribution in [-0.4, -0.2) is 12.6 Å². The van der Waals surface area contributed by atoms with E-state index in [0.29, 0.717) is 11.1 Å². The summed E-state index contributed by atoms with van der Waals surface area (Å²) in [6.45, 7) is 8.00. The third kappa shape index (κ3) is 3.52. The minimum absolute atomic E-state index is 0.560. The van der Waals surface area contributed by atoms with E-state index in [1.807, 2.05) is 39.8 Å². The van der Waals surface area contributed by atoms with Crippen LogP contribution in [0.25, 0.3) is 10.8 Å². The highest BCUT2D eigenvalue weighted by molar-refractivity contribution is 6.06. The predicted octanol–water partition coefficient (Wildman–Crippen LogP) is 4.52. The third-order valence-corrected chi connectivity index (χ3v) is 2.22. The molecular formula is C16H20O2. The quantitative estimate of drug-likeness (QED) is 0.728. The molecule has 18 heavy (non-hydrogen) atoms. The highest BCUT2D eigenvalue weighted by Gasteiger charge is 2.03. The van der Waals surface area contributed by atoms with Gasteiger partial charge in [0.2, 0.25) is 0 Å². The minimum atomic E-state index is 0.560. The summed E-state index contributed by atoms with van der Waals surface area (Å²) in [6, 6.07) is 10.8. The van der Waals surface area contributed by atoms with Gasteiger partial charge < -0.3 is 0 Å². The number of fused-ring (bicyclic) bond motifs is 1. The van der Waals surface area contributed by atoms with Crippen LogP contribution in [0.2, 0.25) is 0 Å². The van der Waals surface area contributed by atoms with Gasteiger partial charge in [-0.25, -0.2) is 0 Å². The Labute approximate surface area is 109 Å². The summed E-state index contributed by atoms with van der Waals surface area (Å²) in [6.07, 6.45) is 1.55. The Kier molecular flexibility index (Phi) is 8.12. The summed E-state index contributed by atoms with van der Waals surface area (Å²) < 4.78 is 0. The number of carbonyl (C=O) groups is 2. The first kappa shape index (κ1) is 16.0. The van der Waals surface area contributed by atoms with Crippen molar-refractivity contribution in [2.24, 2.45) is 0 Å². The summed E-state index contributed by atoms with van der Waals surface area (Å²) in [4.78, 5) is 21.5. The van der Waals surface area contributed by atoms with E-state index in [-0.39, 0.29) is 0 Å². The Balaban J connectivity index is 0.000000659. The smallest absolute Gasteiger partial charge is 0.150 e. The first-order valence-electron chi connectivity index (χ1n) is 6.29. The molecule has 0 radical (unpaired) electrons. The SMILES string of the molecule is CC.CC.O=Cc1cccc2cccc(C=O)c12. The molecule has 0 fully saturated rings. The second-order valence-corrected chi connectivity index (χ2v) is 3.03. The van der Waals surface area contributed by atoms with Crippen LogP contribution in [0, 0.1) is 0 Å². The lowest BCUT2D eigenvalue weighted by atomic mass is 10.0. The molecule has 2 nitrogen and oxygen atoms in total. The van der Waals surface area contributed by atoms with Gasteiger partial charge in [-0.15, -0.1) is 0 Å². The lowest BCUT2D eigenvalue weighted by Crippen LogP contribution is -1.88. The Morgan fingerprint density at radius 3 is 1.44 bits per heavy atom. The number of carbonyl (C=O) groups excluding carboxylic acids is 2. The minimum Gasteiger partial charge on any atom is -0.298 e. The van der Waals surface area contributed by atoms with Crippen molar-refractivity contribution in [1.29, 1.82) is 0 Å². The lowest BCUT2D eigenvalue weighted by molar-refractivity contribution is 0.112. The molecule has 0 bridgehead atoms. The lowest BCUT2D eigenvalue weighted by Gasteiger charge is -2.02. The van der Waals surface area contributed by atoms with Gasteiger partial charge in [0, 0.05) is 16.5 Å². The maximum absolute atomic E-state index is 10.8. The zero-order valence-electron chi connectivity index (χ0n) is 11.4. The molecular weight excluding hydrogens is 224 g/mol. The van der Waals surface area contributed by atoms with Crippen LogP contribution in [0.3, 0.4) is 0 Å². The van der Waals surface area contributed by atoms with Crippen molar-refractivity contribution in [3.8, 4) is 0 Å². The number of rotatable bonds is 2. The van der Waals surface area contributed by atoms with Crippen molar-refractivity contribution >= 4 is 23.3 Å². The van der Waals surface area contributed by atoms with Crippen LogP contribution in [0.1, 0.15) is 48.4 Å². The number of hydrogen-bond acceptors (Lipinski definition) is 2. The molecule has 2 aromatic carbocycles. The molecule has 2 heteroatoms. The second-order valence-electron chi connectivity index (χ2n) is 3.03. The maximum Gasteiger partial charge on any atom is 0.150 e. The van der Waals surface area contributed by atoms with E-state index in [1.54, 1.807) is 24.3 Å². The predicted molar refractivity (Wildman–Crippen MR) is 77.4 cm³/mol. The zero-order valence-corrected chi connectivity index (χ0v) is 11.4. The molecule has 0 amide bonds. The molecule has 0 N–H and O–H groups in total. The Hall–Kier alpha value is -1.96. The molecule has 0 saturated heterocycles. The zero-order chi connectivity index (χ0) is 14.0. The topological polar surface area (TPSA) is 34.1 Å². The fourth-order valence-corrected chi connectivity index (χ4v) is 1.60. The van der Waals surface area contributed by atoms with Crippen LogP contribution >= 0.6 is 0 Å². The molecule has 0 unspecified atom stereocenters. The summed E-state index contributed by atoms with van der Waals surface area (Å²) in [7, 11) is 0. The molecule has 0 aromatic heterocycles. The van der Waals surface area contributed by atoms with Crippen LogP contribution in [-0.2, 0) is 0 Å². The largest absolute Gasteiger partial charge is 0.298 e. The van der Waals surface area contributed by atoms with Crippen molar-refractivity contribution in [2.75, 3.05) is 0 Å². The average Bonchev–Trinajstić information content (AvgIpc) is 2.50. The van der Waals surface area contributed by atoms with E-state index >= 15 is 0 Å². The molecule has 0 heterocycles. The van der Waals surface area contributed by atoms with Gasteiger partial charge in [-0.3, -0.25) is 9.59 Å². The fourth-order valence-electron chi connectivity index (χ4n) is 1.60. The van der Waals surface area contributed by atoms with Crippen molar-refractivity contribution in [2.45, 2.75) is 27.7 Å². The molecule has 0 atom stereocenters. The van der Waals surface area contributed by atoms with Crippen LogP contribution in [0.15, 0.2) is 36.4 Å². The van der Waals surface area contributed by atoms with Gasteiger partial charge in [-0.2, -0.15) is 0 Å². The van der Waals surface area contributed by atoms with Gasteiger partial charge in [-0.1, -0.05) is 64.1 Å². The second kappa shape index (κ2) is 9.11. The van der Waals surface area contributed by atoms with Gasteiger partial charge >= 0.3 is 0 Å². The van der Waals surface area contributed by atoms with E-state index in [2.05, 4.69) is 0 Å². The standard InChI is InChI=1S/C12H8O2.2C2H6/c13-7-10-5-1-3-9-4-2-6-11(8-14)12(9)10;2*1-2/h1-8H;2*1-2H3. The number of hydrogen-bond donors (Lipinski definition) is 0. The number of aldehydes is 2. The van der Waals surface area contributed by atoms with Crippen molar-refractivity contribution in [1.82, 2.24) is 0 Å². The van der Waals surface area contributed by atoms with Crippen molar-refractivity contribution in [3.63, 3.8) is 0 Å². The van der Waals surface area contributed by atoms with E-state index in [4.69, 9.17) is 0 Å². The normalized spacial score (nSPS) is 8.44. The van der Waals surface area contributed by atoms with Crippen LogP contribution in [0.5, 0.6) is 0 Å². The molecule has 0 aliphatic heterocycles. The van der Waals surface area contributed by atoms with Crippen LogP contribution in [0.4, 0.5) is 0 Å². The first-order valence-corrected chi connectivity index (χ1v) is 6.29. The Bertz CT molecular complexity index is 459. The van der Waals surface area contributed by atoms with Crippen LogP contribution < -0.4 is 0 Å². The van der Waals surface area contributed by atoms with Gasteiger partial charge in [0.15, 0.2) is 12.6 Å². The van der Waals surface area contributed by atoms with Gasteiger partial charge in [-0.05, 0) is 5.39 Å². The monoisotopic (exact) mass is 244 g/mol. The summed E-state index contributed by atoms with van der Waals surface area (Å²) in [5.41, 5.74) is 1.12. The molecule has 96 valence electrons.